The minimum Gasteiger partial charge on any atom is -0.493 e. The molecule has 0 N–H and O–H groups in total. The fourth-order valence-electron chi connectivity index (χ4n) is 2.44. The molecule has 0 fully saturated rings. The number of hydrogen-bond donors (Lipinski definition) is 0. The van der Waals surface area contributed by atoms with Crippen LogP contribution in [0.15, 0.2) is 34.9 Å². The molecule has 2 aromatic rings. The Hall–Kier alpha value is -2.76. The van der Waals surface area contributed by atoms with Crippen molar-refractivity contribution >= 4 is 17.4 Å². The molecule has 24 heavy (non-hydrogen) atoms. The quantitative estimate of drug-likeness (QED) is 0.726. The minimum atomic E-state index is -0.322. The first-order valence-electron chi connectivity index (χ1n) is 7.74. The molecule has 2 rings (SSSR count). The van der Waals surface area contributed by atoms with Crippen LogP contribution in [0.4, 0.5) is 5.69 Å². The molecule has 0 unspecified atom stereocenters. The summed E-state index contributed by atoms with van der Waals surface area (Å²) in [5, 5.41) is 0. The zero-order valence-electron chi connectivity index (χ0n) is 14.3. The van der Waals surface area contributed by atoms with Crippen molar-refractivity contribution in [1.82, 2.24) is 0 Å². The van der Waals surface area contributed by atoms with E-state index in [0.717, 1.165) is 0 Å². The average molecular weight is 331 g/mol. The maximum atomic E-state index is 12.7. The molecule has 6 nitrogen and oxygen atoms in total. The van der Waals surface area contributed by atoms with Crippen LogP contribution < -0.4 is 14.4 Å². The molecule has 6 heteroatoms. The Balaban J connectivity index is 2.58. The van der Waals surface area contributed by atoms with Crippen LogP contribution in [0.3, 0.4) is 0 Å². The number of hydrogen-bond acceptors (Lipinski definition) is 5. The second-order valence-corrected chi connectivity index (χ2v) is 5.04. The van der Waals surface area contributed by atoms with E-state index in [-0.39, 0.29) is 17.5 Å². The molecular weight excluding hydrogens is 310 g/mol. The molecule has 0 bridgehead atoms. The Morgan fingerprint density at radius 2 is 1.96 bits per heavy atom. The molecule has 0 saturated heterocycles. The number of anilines is 1. The highest BCUT2D eigenvalue weighted by Gasteiger charge is 2.24. The predicted molar refractivity (Wildman–Crippen MR) is 90.2 cm³/mol. The van der Waals surface area contributed by atoms with E-state index in [2.05, 4.69) is 0 Å². The van der Waals surface area contributed by atoms with Gasteiger partial charge in [0.2, 0.25) is 0 Å². The van der Waals surface area contributed by atoms with Crippen molar-refractivity contribution in [3.63, 3.8) is 0 Å². The summed E-state index contributed by atoms with van der Waals surface area (Å²) in [5.74, 6) is 0.646. The molecule has 0 atom stereocenters. The number of benzene rings is 1. The van der Waals surface area contributed by atoms with Gasteiger partial charge in [-0.1, -0.05) is 0 Å². The van der Waals surface area contributed by atoms with Gasteiger partial charge in [0.05, 0.1) is 25.7 Å². The summed E-state index contributed by atoms with van der Waals surface area (Å²) in [6, 6.07) is 6.49. The van der Waals surface area contributed by atoms with Gasteiger partial charge in [-0.25, -0.2) is 0 Å². The number of amides is 1. The van der Waals surface area contributed by atoms with Gasteiger partial charge in [0.15, 0.2) is 23.0 Å². The van der Waals surface area contributed by atoms with Crippen LogP contribution in [0.2, 0.25) is 0 Å². The lowest BCUT2D eigenvalue weighted by Gasteiger charge is -2.24. The van der Waals surface area contributed by atoms with Gasteiger partial charge in [-0.05, 0) is 39.0 Å². The normalized spacial score (nSPS) is 10.3. The van der Waals surface area contributed by atoms with E-state index in [9.17, 15) is 9.59 Å². The lowest BCUT2D eigenvalue weighted by molar-refractivity contribution is 0.0961. The van der Waals surface area contributed by atoms with Crippen LogP contribution in [0.1, 0.15) is 41.7 Å². The monoisotopic (exact) mass is 331 g/mol. The number of carbonyl (C=O) groups excluding carboxylic acids is 2. The SMILES string of the molecule is CCOc1cc(N(CC)C(=O)c2ccco2)c(C(C)=O)cc1OC. The van der Waals surface area contributed by atoms with Gasteiger partial charge >= 0.3 is 0 Å². The van der Waals surface area contributed by atoms with E-state index in [1.165, 1.54) is 25.2 Å². The van der Waals surface area contributed by atoms with E-state index in [4.69, 9.17) is 13.9 Å². The van der Waals surface area contributed by atoms with Gasteiger partial charge < -0.3 is 18.8 Å². The third-order valence-electron chi connectivity index (χ3n) is 3.55. The molecule has 0 radical (unpaired) electrons. The van der Waals surface area contributed by atoms with Gasteiger partial charge in [0, 0.05) is 18.2 Å². The number of furan rings is 1. The summed E-state index contributed by atoms with van der Waals surface area (Å²) in [5.41, 5.74) is 0.854. The number of ether oxygens (including phenoxy) is 2. The average Bonchev–Trinajstić information content (AvgIpc) is 3.10. The zero-order chi connectivity index (χ0) is 17.7. The lowest BCUT2D eigenvalue weighted by Crippen LogP contribution is -2.31. The Kier molecular flexibility index (Phi) is 5.63. The van der Waals surface area contributed by atoms with E-state index in [1.807, 2.05) is 13.8 Å². The number of Topliss-reactive ketones (excluding diaryl/α,β-unsaturated/α-hetero) is 1. The van der Waals surface area contributed by atoms with Crippen LogP contribution in [0.25, 0.3) is 0 Å². The molecule has 0 aliphatic carbocycles. The number of carbonyl (C=O) groups is 2. The van der Waals surface area contributed by atoms with E-state index < -0.39 is 0 Å². The van der Waals surface area contributed by atoms with Crippen molar-refractivity contribution in [2.75, 3.05) is 25.2 Å². The number of ketones is 1. The molecule has 0 aliphatic rings. The first-order chi connectivity index (χ1) is 11.5. The van der Waals surface area contributed by atoms with Crippen molar-refractivity contribution in [2.24, 2.45) is 0 Å². The fourth-order valence-corrected chi connectivity index (χ4v) is 2.44. The molecule has 1 heterocycles. The number of methoxy groups -OCH3 is 1. The van der Waals surface area contributed by atoms with Crippen molar-refractivity contribution in [2.45, 2.75) is 20.8 Å². The molecule has 0 aliphatic heterocycles. The fraction of sp³-hybridized carbons (Fsp3) is 0.333. The molecule has 1 aromatic carbocycles. The van der Waals surface area contributed by atoms with Crippen molar-refractivity contribution in [3.8, 4) is 11.5 Å². The van der Waals surface area contributed by atoms with Gasteiger partial charge in [-0.3, -0.25) is 9.59 Å². The minimum absolute atomic E-state index is 0.169. The molecule has 1 aromatic heterocycles. The van der Waals surface area contributed by atoms with Crippen LogP contribution in [-0.4, -0.2) is 32.0 Å². The first-order valence-corrected chi connectivity index (χ1v) is 7.74. The predicted octanol–water partition coefficient (Wildman–Crippen LogP) is 3.56. The summed E-state index contributed by atoms with van der Waals surface area (Å²) >= 11 is 0. The second-order valence-electron chi connectivity index (χ2n) is 5.04. The maximum absolute atomic E-state index is 12.7. The highest BCUT2D eigenvalue weighted by Crippen LogP contribution is 2.36. The number of nitrogens with zero attached hydrogens (tertiary/aromatic N) is 1. The standard InChI is InChI=1S/C18H21NO5/c1-5-19(18(21)15-8-7-9-24-15)14-11-17(23-6-2)16(22-4)10-13(14)12(3)20/h7-11H,5-6H2,1-4H3. The van der Waals surface area contributed by atoms with Crippen molar-refractivity contribution in [1.29, 1.82) is 0 Å². The van der Waals surface area contributed by atoms with Gasteiger partial charge in [-0.2, -0.15) is 0 Å². The van der Waals surface area contributed by atoms with Crippen LogP contribution >= 0.6 is 0 Å². The largest absolute Gasteiger partial charge is 0.493 e. The van der Waals surface area contributed by atoms with Crippen LogP contribution in [0, 0.1) is 0 Å². The zero-order valence-corrected chi connectivity index (χ0v) is 14.3. The Bertz CT molecular complexity index is 721. The third kappa shape index (κ3) is 3.42. The molecule has 0 saturated carbocycles. The van der Waals surface area contributed by atoms with Crippen LogP contribution in [-0.2, 0) is 0 Å². The van der Waals surface area contributed by atoms with Crippen LogP contribution in [0.5, 0.6) is 11.5 Å². The highest BCUT2D eigenvalue weighted by atomic mass is 16.5. The molecular formula is C18H21NO5. The third-order valence-corrected chi connectivity index (χ3v) is 3.55. The van der Waals surface area contributed by atoms with Crippen molar-refractivity contribution in [3.05, 3.63) is 41.9 Å². The molecule has 0 spiro atoms. The summed E-state index contributed by atoms with van der Waals surface area (Å²) in [7, 11) is 1.51. The molecule has 128 valence electrons. The molecule has 1 amide bonds. The van der Waals surface area contributed by atoms with Crippen molar-refractivity contribution < 1.29 is 23.5 Å². The summed E-state index contributed by atoms with van der Waals surface area (Å²) in [6.07, 6.45) is 1.44. The Morgan fingerprint density at radius 1 is 1.21 bits per heavy atom. The Labute approximate surface area is 141 Å². The summed E-state index contributed by atoms with van der Waals surface area (Å²) < 4.78 is 16.1. The summed E-state index contributed by atoms with van der Waals surface area (Å²) in [4.78, 5) is 26.2. The van der Waals surface area contributed by atoms with E-state index in [1.54, 1.807) is 24.3 Å². The van der Waals surface area contributed by atoms with E-state index >= 15 is 0 Å². The van der Waals surface area contributed by atoms with Gasteiger partial charge in [0.25, 0.3) is 5.91 Å². The highest BCUT2D eigenvalue weighted by molar-refractivity contribution is 6.09. The maximum Gasteiger partial charge on any atom is 0.293 e. The Morgan fingerprint density at radius 3 is 2.46 bits per heavy atom. The first kappa shape index (κ1) is 17.6. The summed E-state index contributed by atoms with van der Waals surface area (Å²) in [6.45, 7) is 5.94. The topological polar surface area (TPSA) is 69.0 Å². The van der Waals surface area contributed by atoms with Gasteiger partial charge in [-0.15, -0.1) is 0 Å². The number of rotatable bonds is 7. The van der Waals surface area contributed by atoms with E-state index in [0.29, 0.717) is 35.9 Å². The lowest BCUT2D eigenvalue weighted by atomic mass is 10.1. The van der Waals surface area contributed by atoms with Gasteiger partial charge in [0.1, 0.15) is 0 Å². The smallest absolute Gasteiger partial charge is 0.293 e. The second kappa shape index (κ2) is 7.68.